The molecule has 0 saturated heterocycles. The van der Waals surface area contributed by atoms with E-state index in [9.17, 15) is 10.1 Å². The first-order chi connectivity index (χ1) is 9.10. The summed E-state index contributed by atoms with van der Waals surface area (Å²) in [5.41, 5.74) is 0.697. The average molecular weight is 318 g/mol. The van der Waals surface area contributed by atoms with Gasteiger partial charge in [0, 0.05) is 16.8 Å². The van der Waals surface area contributed by atoms with Crippen LogP contribution in [-0.4, -0.2) is 4.92 Å². The SMILES string of the molecule is O=[N+]([O-])c1ccc(CCl)cc1OCc1ccc(Cl)s1. The predicted octanol–water partition coefficient (Wildman–Crippen LogP) is 4.63. The summed E-state index contributed by atoms with van der Waals surface area (Å²) in [5.74, 6) is 0.492. The highest BCUT2D eigenvalue weighted by atomic mass is 35.5. The topological polar surface area (TPSA) is 52.4 Å². The summed E-state index contributed by atoms with van der Waals surface area (Å²) in [7, 11) is 0. The van der Waals surface area contributed by atoms with E-state index in [0.717, 1.165) is 10.4 Å². The standard InChI is InChI=1S/C12H9Cl2NO3S/c13-6-8-1-3-10(15(16)17)11(5-8)18-7-9-2-4-12(14)19-9/h1-5H,6-7H2. The number of thiophene rings is 1. The van der Waals surface area contributed by atoms with E-state index < -0.39 is 4.92 Å². The van der Waals surface area contributed by atoms with Gasteiger partial charge in [-0.15, -0.1) is 22.9 Å². The lowest BCUT2D eigenvalue weighted by Crippen LogP contribution is -1.98. The van der Waals surface area contributed by atoms with Gasteiger partial charge in [0.25, 0.3) is 0 Å². The molecule has 0 aliphatic carbocycles. The number of nitro benzene ring substituents is 1. The molecule has 4 nitrogen and oxygen atoms in total. The third kappa shape index (κ3) is 3.59. The van der Waals surface area contributed by atoms with Gasteiger partial charge in [-0.3, -0.25) is 10.1 Å². The molecular formula is C12H9Cl2NO3S. The molecule has 0 aliphatic rings. The Labute approximate surface area is 123 Å². The fourth-order valence-electron chi connectivity index (χ4n) is 1.49. The second kappa shape index (κ2) is 6.23. The molecule has 7 heteroatoms. The van der Waals surface area contributed by atoms with Crippen molar-refractivity contribution in [3.63, 3.8) is 0 Å². The van der Waals surface area contributed by atoms with Crippen LogP contribution in [0.1, 0.15) is 10.4 Å². The summed E-state index contributed by atoms with van der Waals surface area (Å²) in [4.78, 5) is 11.3. The van der Waals surface area contributed by atoms with Gasteiger partial charge in [0.15, 0.2) is 5.75 Å². The van der Waals surface area contributed by atoms with Crippen LogP contribution in [0.2, 0.25) is 4.34 Å². The molecule has 1 aromatic heterocycles. The van der Waals surface area contributed by atoms with Crippen LogP contribution in [0.5, 0.6) is 5.75 Å². The van der Waals surface area contributed by atoms with E-state index in [1.54, 1.807) is 18.2 Å². The highest BCUT2D eigenvalue weighted by molar-refractivity contribution is 7.16. The van der Waals surface area contributed by atoms with Crippen molar-refractivity contribution in [3.8, 4) is 5.75 Å². The summed E-state index contributed by atoms with van der Waals surface area (Å²) in [6, 6.07) is 8.17. The molecule has 0 bridgehead atoms. The minimum Gasteiger partial charge on any atom is -0.481 e. The molecule has 0 spiro atoms. The molecule has 0 radical (unpaired) electrons. The molecular weight excluding hydrogens is 309 g/mol. The normalized spacial score (nSPS) is 10.4. The zero-order chi connectivity index (χ0) is 13.8. The van der Waals surface area contributed by atoms with Crippen molar-refractivity contribution in [2.75, 3.05) is 0 Å². The van der Waals surface area contributed by atoms with Crippen molar-refractivity contribution in [2.45, 2.75) is 12.5 Å². The molecule has 0 amide bonds. The fraction of sp³-hybridized carbons (Fsp3) is 0.167. The maximum absolute atomic E-state index is 10.9. The molecule has 0 saturated carbocycles. The first-order valence-corrected chi connectivity index (χ1v) is 7.03. The maximum Gasteiger partial charge on any atom is 0.310 e. The Balaban J connectivity index is 2.19. The van der Waals surface area contributed by atoms with E-state index in [-0.39, 0.29) is 23.9 Å². The molecule has 1 aromatic carbocycles. The zero-order valence-electron chi connectivity index (χ0n) is 9.64. The van der Waals surface area contributed by atoms with Crippen molar-refractivity contribution in [1.29, 1.82) is 0 Å². The highest BCUT2D eigenvalue weighted by Gasteiger charge is 2.15. The van der Waals surface area contributed by atoms with Gasteiger partial charge in [0.2, 0.25) is 0 Å². The highest BCUT2D eigenvalue weighted by Crippen LogP contribution is 2.30. The Morgan fingerprint density at radius 1 is 1.32 bits per heavy atom. The van der Waals surface area contributed by atoms with Crippen molar-refractivity contribution >= 4 is 40.2 Å². The van der Waals surface area contributed by atoms with Gasteiger partial charge in [0.05, 0.1) is 9.26 Å². The van der Waals surface area contributed by atoms with Crippen molar-refractivity contribution in [1.82, 2.24) is 0 Å². The van der Waals surface area contributed by atoms with Gasteiger partial charge < -0.3 is 4.74 Å². The van der Waals surface area contributed by atoms with Crippen LogP contribution < -0.4 is 4.74 Å². The third-order valence-electron chi connectivity index (χ3n) is 2.37. The molecule has 0 aliphatic heterocycles. The summed E-state index contributed by atoms with van der Waals surface area (Å²) in [6.45, 7) is 0.240. The monoisotopic (exact) mass is 317 g/mol. The minimum atomic E-state index is -0.477. The minimum absolute atomic E-state index is 0.0727. The molecule has 0 atom stereocenters. The molecule has 0 N–H and O–H groups in total. The van der Waals surface area contributed by atoms with E-state index in [4.69, 9.17) is 27.9 Å². The predicted molar refractivity (Wildman–Crippen MR) is 76.3 cm³/mol. The average Bonchev–Trinajstić information content (AvgIpc) is 2.81. The van der Waals surface area contributed by atoms with Gasteiger partial charge in [0.1, 0.15) is 6.61 Å². The number of ether oxygens (including phenoxy) is 1. The molecule has 2 rings (SSSR count). The fourth-order valence-corrected chi connectivity index (χ4v) is 2.65. The summed E-state index contributed by atoms with van der Waals surface area (Å²) >= 11 is 12.9. The molecule has 0 unspecified atom stereocenters. The van der Waals surface area contributed by atoms with E-state index in [0.29, 0.717) is 4.34 Å². The van der Waals surface area contributed by atoms with E-state index in [2.05, 4.69) is 0 Å². The van der Waals surface area contributed by atoms with Crippen LogP contribution in [0, 0.1) is 10.1 Å². The Kier molecular flexibility index (Phi) is 4.63. The lowest BCUT2D eigenvalue weighted by atomic mass is 10.2. The number of benzene rings is 1. The smallest absolute Gasteiger partial charge is 0.310 e. The largest absolute Gasteiger partial charge is 0.481 e. The Morgan fingerprint density at radius 3 is 2.68 bits per heavy atom. The Hall–Kier alpha value is -1.30. The number of rotatable bonds is 5. The lowest BCUT2D eigenvalue weighted by molar-refractivity contribution is -0.386. The first kappa shape index (κ1) is 14.1. The molecule has 100 valence electrons. The third-order valence-corrected chi connectivity index (χ3v) is 3.89. The van der Waals surface area contributed by atoms with Crippen LogP contribution in [0.4, 0.5) is 5.69 Å². The van der Waals surface area contributed by atoms with E-state index in [1.807, 2.05) is 6.07 Å². The van der Waals surface area contributed by atoms with Crippen LogP contribution >= 0.6 is 34.5 Å². The molecule has 0 fully saturated rings. The van der Waals surface area contributed by atoms with Crippen LogP contribution in [-0.2, 0) is 12.5 Å². The maximum atomic E-state index is 10.9. The van der Waals surface area contributed by atoms with Crippen LogP contribution in [0.25, 0.3) is 0 Å². The Bertz CT molecular complexity index is 600. The Morgan fingerprint density at radius 2 is 2.11 bits per heavy atom. The zero-order valence-corrected chi connectivity index (χ0v) is 12.0. The number of halogens is 2. The lowest BCUT2D eigenvalue weighted by Gasteiger charge is -2.06. The summed E-state index contributed by atoms with van der Waals surface area (Å²) in [5, 5.41) is 10.9. The molecule has 19 heavy (non-hydrogen) atoms. The van der Waals surface area contributed by atoms with Gasteiger partial charge >= 0.3 is 5.69 Å². The number of alkyl halides is 1. The van der Waals surface area contributed by atoms with E-state index >= 15 is 0 Å². The number of hydrogen-bond acceptors (Lipinski definition) is 4. The molecule has 1 heterocycles. The van der Waals surface area contributed by atoms with Gasteiger partial charge in [-0.05, 0) is 23.8 Å². The van der Waals surface area contributed by atoms with Gasteiger partial charge in [-0.2, -0.15) is 0 Å². The second-order valence-corrected chi connectivity index (χ2v) is 5.75. The van der Waals surface area contributed by atoms with Crippen molar-refractivity contribution < 1.29 is 9.66 Å². The van der Waals surface area contributed by atoms with Crippen LogP contribution in [0.3, 0.4) is 0 Å². The number of nitrogens with zero attached hydrogens (tertiary/aromatic N) is 1. The second-order valence-electron chi connectivity index (χ2n) is 3.69. The molecule has 2 aromatic rings. The quantitative estimate of drug-likeness (QED) is 0.459. The van der Waals surface area contributed by atoms with E-state index in [1.165, 1.54) is 17.4 Å². The number of hydrogen-bond donors (Lipinski definition) is 0. The van der Waals surface area contributed by atoms with Gasteiger partial charge in [-0.1, -0.05) is 17.7 Å². The van der Waals surface area contributed by atoms with Crippen LogP contribution in [0.15, 0.2) is 30.3 Å². The van der Waals surface area contributed by atoms with Crippen molar-refractivity contribution in [2.24, 2.45) is 0 Å². The van der Waals surface area contributed by atoms with Gasteiger partial charge in [-0.25, -0.2) is 0 Å². The van der Waals surface area contributed by atoms with Crippen molar-refractivity contribution in [3.05, 3.63) is 55.2 Å². The summed E-state index contributed by atoms with van der Waals surface area (Å²) < 4.78 is 6.15. The number of nitro groups is 1. The summed E-state index contributed by atoms with van der Waals surface area (Å²) in [6.07, 6.45) is 0. The first-order valence-electron chi connectivity index (χ1n) is 5.30.